The van der Waals surface area contributed by atoms with Crippen LogP contribution in [-0.2, 0) is 16.0 Å². The molecule has 0 spiro atoms. The Hall–Kier alpha value is -3.60. The van der Waals surface area contributed by atoms with Crippen LogP contribution in [0, 0.1) is 12.8 Å². The third kappa shape index (κ3) is 6.09. The van der Waals surface area contributed by atoms with Crippen LogP contribution in [0.3, 0.4) is 0 Å². The summed E-state index contributed by atoms with van der Waals surface area (Å²) in [6.07, 6.45) is 0.0419. The van der Waals surface area contributed by atoms with Gasteiger partial charge in [0.25, 0.3) is 0 Å². The van der Waals surface area contributed by atoms with Crippen LogP contribution in [0.4, 0.5) is 0 Å². The van der Waals surface area contributed by atoms with E-state index in [4.69, 9.17) is 5.73 Å². The van der Waals surface area contributed by atoms with E-state index in [0.717, 1.165) is 22.4 Å². The smallest absolute Gasteiger partial charge is 0.240 e. The third-order valence-electron chi connectivity index (χ3n) is 7.15. The molecule has 10 heteroatoms. The van der Waals surface area contributed by atoms with E-state index in [1.54, 1.807) is 15.8 Å². The Kier molecular flexibility index (Phi) is 8.55. The summed E-state index contributed by atoms with van der Waals surface area (Å²) >= 11 is 0. The van der Waals surface area contributed by atoms with E-state index in [0.29, 0.717) is 0 Å². The molecule has 0 saturated carbocycles. The fourth-order valence-corrected chi connectivity index (χ4v) is 5.12. The monoisotopic (exact) mass is 520 g/mol. The summed E-state index contributed by atoms with van der Waals surface area (Å²) in [5.74, 6) is -1.17. The summed E-state index contributed by atoms with van der Waals surface area (Å²) < 4.78 is 1.64. The summed E-state index contributed by atoms with van der Waals surface area (Å²) in [4.78, 5) is 27.2. The number of rotatable bonds is 10. The van der Waals surface area contributed by atoms with Gasteiger partial charge in [-0.3, -0.25) is 14.5 Å². The number of β-amino-alcohol motifs (C(OH)–C–C–N with tert-alkyl or cyclic N) is 1. The number of nitrogens with two attached hydrogens (primary N) is 1. The number of hydrogen-bond acceptors (Lipinski definition) is 7. The summed E-state index contributed by atoms with van der Waals surface area (Å²) in [6, 6.07) is 15.4. The van der Waals surface area contributed by atoms with Crippen molar-refractivity contribution in [3.05, 3.63) is 72.1 Å². The molecule has 2 amide bonds. The molecule has 38 heavy (non-hydrogen) atoms. The maximum absolute atomic E-state index is 13.4. The van der Waals surface area contributed by atoms with Crippen LogP contribution >= 0.6 is 0 Å². The number of carbonyl (C=O) groups is 2. The third-order valence-corrected chi connectivity index (χ3v) is 7.15. The van der Waals surface area contributed by atoms with Crippen molar-refractivity contribution in [1.29, 1.82) is 0 Å². The number of aliphatic hydroxyl groups excluding tert-OH is 2. The maximum atomic E-state index is 13.4. The van der Waals surface area contributed by atoms with Crippen molar-refractivity contribution in [2.24, 2.45) is 11.7 Å². The van der Waals surface area contributed by atoms with E-state index < -0.39 is 42.3 Å². The highest BCUT2D eigenvalue weighted by molar-refractivity contribution is 5.89. The molecule has 4 rings (SSSR count). The summed E-state index contributed by atoms with van der Waals surface area (Å²) in [5, 5.41) is 32.6. The molecule has 10 nitrogen and oxygen atoms in total. The van der Waals surface area contributed by atoms with E-state index in [9.17, 15) is 19.8 Å². The molecule has 1 aromatic heterocycles. The molecule has 2 aromatic carbocycles. The lowest BCUT2D eigenvalue weighted by molar-refractivity contribution is -0.135. The predicted molar refractivity (Wildman–Crippen MR) is 142 cm³/mol. The van der Waals surface area contributed by atoms with Crippen LogP contribution in [0.25, 0.3) is 11.1 Å². The molecule has 1 aliphatic rings. The van der Waals surface area contributed by atoms with E-state index >= 15 is 0 Å². The maximum Gasteiger partial charge on any atom is 0.240 e. The topological polar surface area (TPSA) is 147 Å². The minimum absolute atomic E-state index is 0.0379. The van der Waals surface area contributed by atoms with Crippen molar-refractivity contribution in [3.8, 4) is 11.1 Å². The zero-order chi connectivity index (χ0) is 27.4. The minimum Gasteiger partial charge on any atom is -0.392 e. The van der Waals surface area contributed by atoms with Crippen molar-refractivity contribution >= 4 is 11.8 Å². The van der Waals surface area contributed by atoms with Gasteiger partial charge in [-0.05, 0) is 36.0 Å². The number of amides is 2. The zero-order valence-electron chi connectivity index (χ0n) is 21.9. The van der Waals surface area contributed by atoms with Gasteiger partial charge >= 0.3 is 0 Å². The standard InChI is InChI=1S/C28H36N6O4/c1-17(2)25(34-18(3)15-30-32-34)28(38)33-16-22(35)14-24(33)27(37)31-23(26(29)36)13-19-9-11-21(12-10-19)20-7-5-4-6-8-20/h4-12,15,17,22-25,28,35,38H,13-14,16H2,1-3H3,(H2,29,36)(H,31,37)/t22-,23-,24+,25+,28?/m1/s1. The van der Waals surface area contributed by atoms with Crippen molar-refractivity contribution in [1.82, 2.24) is 25.2 Å². The van der Waals surface area contributed by atoms with Crippen molar-refractivity contribution in [2.45, 2.75) is 64.1 Å². The molecule has 5 N–H and O–H groups in total. The molecule has 1 saturated heterocycles. The number of benzene rings is 2. The largest absolute Gasteiger partial charge is 0.392 e. The Morgan fingerprint density at radius 2 is 1.76 bits per heavy atom. The van der Waals surface area contributed by atoms with Crippen LogP contribution < -0.4 is 11.1 Å². The lowest BCUT2D eigenvalue weighted by atomic mass is 9.99. The first-order valence-corrected chi connectivity index (χ1v) is 12.9. The van der Waals surface area contributed by atoms with Gasteiger partial charge in [0, 0.05) is 13.0 Å². The first kappa shape index (κ1) is 27.4. The number of carbonyl (C=O) groups excluding carboxylic acids is 2. The minimum atomic E-state index is -1.11. The molecular weight excluding hydrogens is 484 g/mol. The van der Waals surface area contributed by atoms with Crippen molar-refractivity contribution < 1.29 is 19.8 Å². The number of aryl methyl sites for hydroxylation is 1. The molecule has 3 aromatic rings. The SMILES string of the molecule is Cc1cnnn1[C@@H](C(C)C)C(O)N1C[C@H](O)C[C@H]1C(=O)N[C@H](Cc1ccc(-c2ccccc2)cc1)C(N)=O. The van der Waals surface area contributed by atoms with Crippen LogP contribution in [0.15, 0.2) is 60.8 Å². The number of aromatic nitrogens is 3. The van der Waals surface area contributed by atoms with Crippen LogP contribution in [0.1, 0.15) is 37.6 Å². The highest BCUT2D eigenvalue weighted by atomic mass is 16.3. The zero-order valence-corrected chi connectivity index (χ0v) is 21.9. The Morgan fingerprint density at radius 1 is 1.11 bits per heavy atom. The van der Waals surface area contributed by atoms with Gasteiger partial charge in [0.1, 0.15) is 12.3 Å². The Labute approximate surface area is 222 Å². The molecule has 0 aliphatic carbocycles. The number of likely N-dealkylation sites (tertiary alicyclic amines) is 1. The predicted octanol–water partition coefficient (Wildman–Crippen LogP) is 1.42. The molecule has 1 unspecified atom stereocenters. The summed E-state index contributed by atoms with van der Waals surface area (Å²) in [7, 11) is 0. The Morgan fingerprint density at radius 3 is 2.34 bits per heavy atom. The van der Waals surface area contributed by atoms with E-state index in [-0.39, 0.29) is 25.3 Å². The fourth-order valence-electron chi connectivity index (χ4n) is 5.12. The Bertz CT molecular complexity index is 1230. The lowest BCUT2D eigenvalue weighted by Gasteiger charge is -2.36. The van der Waals surface area contributed by atoms with E-state index in [2.05, 4.69) is 15.6 Å². The lowest BCUT2D eigenvalue weighted by Crippen LogP contribution is -2.55. The van der Waals surface area contributed by atoms with Crippen LogP contribution in [0.5, 0.6) is 0 Å². The molecule has 5 atom stereocenters. The number of primary amides is 1. The molecule has 202 valence electrons. The first-order chi connectivity index (χ1) is 18.2. The summed E-state index contributed by atoms with van der Waals surface area (Å²) in [5.41, 5.74) is 9.40. The second-order valence-corrected chi connectivity index (χ2v) is 10.3. The summed E-state index contributed by atoms with van der Waals surface area (Å²) in [6.45, 7) is 5.85. The normalized spacial score (nSPS) is 20.3. The first-order valence-electron chi connectivity index (χ1n) is 12.9. The average molecular weight is 521 g/mol. The van der Waals surface area contributed by atoms with Gasteiger partial charge in [-0.15, -0.1) is 5.10 Å². The molecule has 0 radical (unpaired) electrons. The van der Waals surface area contributed by atoms with Gasteiger partial charge in [-0.1, -0.05) is 73.7 Å². The van der Waals surface area contributed by atoms with Crippen LogP contribution in [0.2, 0.25) is 0 Å². The highest BCUT2D eigenvalue weighted by Crippen LogP contribution is 2.30. The quantitative estimate of drug-likeness (QED) is 0.316. The molecule has 1 fully saturated rings. The Balaban J connectivity index is 1.47. The number of aliphatic hydroxyl groups is 2. The second-order valence-electron chi connectivity index (χ2n) is 10.3. The van der Waals surface area contributed by atoms with Crippen molar-refractivity contribution in [2.75, 3.05) is 6.54 Å². The van der Waals surface area contributed by atoms with Crippen molar-refractivity contribution in [3.63, 3.8) is 0 Å². The van der Waals surface area contributed by atoms with Gasteiger partial charge in [0.2, 0.25) is 11.8 Å². The van der Waals surface area contributed by atoms with Gasteiger partial charge in [-0.25, -0.2) is 4.68 Å². The molecule has 0 bridgehead atoms. The fraction of sp³-hybridized carbons (Fsp3) is 0.429. The average Bonchev–Trinajstić information content (AvgIpc) is 3.49. The molecule has 2 heterocycles. The second kappa shape index (κ2) is 11.8. The number of nitrogens with one attached hydrogen (secondary N) is 1. The highest BCUT2D eigenvalue weighted by Gasteiger charge is 2.44. The molecule has 1 aliphatic heterocycles. The molecular formula is C28H36N6O4. The van der Waals surface area contributed by atoms with Gasteiger partial charge in [-0.2, -0.15) is 0 Å². The van der Waals surface area contributed by atoms with Gasteiger partial charge < -0.3 is 21.3 Å². The number of nitrogens with zero attached hydrogens (tertiary/aromatic N) is 4. The number of hydrogen-bond donors (Lipinski definition) is 4. The van der Waals surface area contributed by atoms with E-state index in [1.807, 2.05) is 75.4 Å². The van der Waals surface area contributed by atoms with E-state index in [1.165, 1.54) is 0 Å². The van der Waals surface area contributed by atoms with Crippen LogP contribution in [-0.4, -0.2) is 72.9 Å². The van der Waals surface area contributed by atoms with Gasteiger partial charge in [0.15, 0.2) is 0 Å². The van der Waals surface area contributed by atoms with Gasteiger partial charge in [0.05, 0.1) is 30.1 Å².